The number of hydrogen-bond acceptors (Lipinski definition) is 4. The van der Waals surface area contributed by atoms with E-state index in [1.54, 1.807) is 12.1 Å². The second-order valence-electron chi connectivity index (χ2n) is 8.09. The van der Waals surface area contributed by atoms with Crippen molar-refractivity contribution in [1.29, 1.82) is 0 Å². The molecule has 0 radical (unpaired) electrons. The van der Waals surface area contributed by atoms with Crippen LogP contribution < -0.4 is 10.6 Å². The Balaban J connectivity index is 1.38. The Bertz CT molecular complexity index is 879. The molecule has 31 heavy (non-hydrogen) atoms. The predicted molar refractivity (Wildman–Crippen MR) is 122 cm³/mol. The number of rotatable bonds is 8. The average Bonchev–Trinajstić information content (AvgIpc) is 2.75. The Kier molecular flexibility index (Phi) is 8.14. The molecule has 2 amide bonds. The van der Waals surface area contributed by atoms with Crippen LogP contribution in [0.15, 0.2) is 48.5 Å². The highest BCUT2D eigenvalue weighted by molar-refractivity contribution is 5.92. The Morgan fingerprint density at radius 2 is 1.45 bits per heavy atom. The number of benzene rings is 2. The van der Waals surface area contributed by atoms with Crippen molar-refractivity contribution in [2.24, 2.45) is 0 Å². The lowest BCUT2D eigenvalue weighted by atomic mass is 9.99. The number of carbonyl (C=O) groups excluding carboxylic acids is 2. The second kappa shape index (κ2) is 11.0. The molecule has 2 aromatic carbocycles. The van der Waals surface area contributed by atoms with Gasteiger partial charge in [0.25, 0.3) is 0 Å². The van der Waals surface area contributed by atoms with E-state index in [2.05, 4.69) is 41.5 Å². The van der Waals surface area contributed by atoms with Crippen molar-refractivity contribution in [3.8, 4) is 0 Å². The molecule has 0 unspecified atom stereocenters. The zero-order valence-corrected chi connectivity index (χ0v) is 18.2. The fourth-order valence-electron chi connectivity index (χ4n) is 3.61. The molecule has 0 saturated carbocycles. The standard InChI is InChI=1S/C24H31FN4O2/c1-3-18(2)19-7-9-21(10-8-19)26-23(30)16-28-11-13-29(14-12-28)17-24(31)27-22-6-4-5-20(25)15-22/h4-10,15,18H,3,11-14,16-17H2,1-2H3,(H,26,30)(H,27,31)/t18-/m0/s1. The Hall–Kier alpha value is -2.77. The summed E-state index contributed by atoms with van der Waals surface area (Å²) in [4.78, 5) is 28.7. The number of carbonyl (C=O) groups is 2. The number of hydrogen-bond donors (Lipinski definition) is 2. The van der Waals surface area contributed by atoms with E-state index in [0.717, 1.165) is 12.1 Å². The molecule has 6 nitrogen and oxygen atoms in total. The smallest absolute Gasteiger partial charge is 0.238 e. The number of amides is 2. The monoisotopic (exact) mass is 426 g/mol. The van der Waals surface area contributed by atoms with E-state index in [9.17, 15) is 14.0 Å². The van der Waals surface area contributed by atoms with Gasteiger partial charge in [0.2, 0.25) is 11.8 Å². The van der Waals surface area contributed by atoms with Crippen molar-refractivity contribution in [2.45, 2.75) is 26.2 Å². The van der Waals surface area contributed by atoms with Crippen LogP contribution in [-0.2, 0) is 9.59 Å². The lowest BCUT2D eigenvalue weighted by Gasteiger charge is -2.33. The first-order valence-electron chi connectivity index (χ1n) is 10.8. The highest BCUT2D eigenvalue weighted by Gasteiger charge is 2.20. The minimum atomic E-state index is -0.379. The lowest BCUT2D eigenvalue weighted by Crippen LogP contribution is -2.50. The molecule has 1 heterocycles. The van der Waals surface area contributed by atoms with Crippen LogP contribution >= 0.6 is 0 Å². The third kappa shape index (κ3) is 7.15. The molecule has 0 spiro atoms. The molecule has 0 aromatic heterocycles. The van der Waals surface area contributed by atoms with E-state index in [1.807, 2.05) is 17.0 Å². The molecule has 1 saturated heterocycles. The summed E-state index contributed by atoms with van der Waals surface area (Å²) < 4.78 is 13.2. The van der Waals surface area contributed by atoms with Crippen molar-refractivity contribution in [2.75, 3.05) is 49.9 Å². The zero-order valence-electron chi connectivity index (χ0n) is 18.2. The molecule has 3 rings (SSSR count). The molecular weight excluding hydrogens is 395 g/mol. The normalized spacial score (nSPS) is 16.0. The molecule has 0 bridgehead atoms. The van der Waals surface area contributed by atoms with E-state index in [-0.39, 0.29) is 24.2 Å². The summed E-state index contributed by atoms with van der Waals surface area (Å²) in [6.07, 6.45) is 1.09. The maximum absolute atomic E-state index is 13.2. The quantitative estimate of drug-likeness (QED) is 0.678. The minimum Gasteiger partial charge on any atom is -0.325 e. The number of nitrogens with one attached hydrogen (secondary N) is 2. The van der Waals surface area contributed by atoms with E-state index in [1.165, 1.54) is 17.7 Å². The zero-order chi connectivity index (χ0) is 22.2. The van der Waals surface area contributed by atoms with Crippen LogP contribution in [0.3, 0.4) is 0 Å². The molecular formula is C24H31FN4O2. The Morgan fingerprint density at radius 1 is 0.903 bits per heavy atom. The third-order valence-electron chi connectivity index (χ3n) is 5.68. The van der Waals surface area contributed by atoms with Gasteiger partial charge in [-0.3, -0.25) is 19.4 Å². The van der Waals surface area contributed by atoms with Crippen molar-refractivity contribution in [1.82, 2.24) is 9.80 Å². The van der Waals surface area contributed by atoms with Gasteiger partial charge in [0, 0.05) is 37.6 Å². The first kappa shape index (κ1) is 22.9. The van der Waals surface area contributed by atoms with E-state index in [4.69, 9.17) is 0 Å². The van der Waals surface area contributed by atoms with Crippen molar-refractivity contribution in [3.05, 3.63) is 59.9 Å². The predicted octanol–water partition coefficient (Wildman–Crippen LogP) is 3.53. The maximum atomic E-state index is 13.2. The summed E-state index contributed by atoms with van der Waals surface area (Å²) in [6.45, 7) is 7.77. The van der Waals surface area contributed by atoms with Crippen LogP contribution in [-0.4, -0.2) is 60.9 Å². The summed E-state index contributed by atoms with van der Waals surface area (Å²) in [5, 5.41) is 5.68. The topological polar surface area (TPSA) is 64.7 Å². The largest absolute Gasteiger partial charge is 0.325 e. The van der Waals surface area contributed by atoms with Crippen LogP contribution in [0.25, 0.3) is 0 Å². The molecule has 7 heteroatoms. The van der Waals surface area contributed by atoms with Gasteiger partial charge in [0.15, 0.2) is 0 Å². The van der Waals surface area contributed by atoms with Crippen molar-refractivity contribution >= 4 is 23.2 Å². The van der Waals surface area contributed by atoms with Gasteiger partial charge in [-0.1, -0.05) is 32.0 Å². The number of anilines is 2. The molecule has 1 atom stereocenters. The Morgan fingerprint density at radius 3 is 1.97 bits per heavy atom. The fourth-order valence-corrected chi connectivity index (χ4v) is 3.61. The van der Waals surface area contributed by atoms with Gasteiger partial charge in [-0.15, -0.1) is 0 Å². The van der Waals surface area contributed by atoms with E-state index >= 15 is 0 Å². The minimum absolute atomic E-state index is 0.0337. The highest BCUT2D eigenvalue weighted by Crippen LogP contribution is 2.20. The maximum Gasteiger partial charge on any atom is 0.238 e. The first-order valence-corrected chi connectivity index (χ1v) is 10.8. The van der Waals surface area contributed by atoms with Gasteiger partial charge in [-0.25, -0.2) is 4.39 Å². The third-order valence-corrected chi connectivity index (χ3v) is 5.68. The summed E-state index contributed by atoms with van der Waals surface area (Å²) >= 11 is 0. The molecule has 2 aromatic rings. The molecule has 0 aliphatic carbocycles. The number of piperazine rings is 1. The van der Waals surface area contributed by atoms with Gasteiger partial charge in [-0.05, 0) is 48.2 Å². The van der Waals surface area contributed by atoms with Gasteiger partial charge < -0.3 is 10.6 Å². The summed E-state index contributed by atoms with van der Waals surface area (Å²) in [6, 6.07) is 13.9. The van der Waals surface area contributed by atoms with Crippen LogP contribution in [0, 0.1) is 5.82 Å². The molecule has 1 aliphatic heterocycles. The summed E-state index contributed by atoms with van der Waals surface area (Å²) in [5.74, 6) is -0.0700. The highest BCUT2D eigenvalue weighted by atomic mass is 19.1. The second-order valence-corrected chi connectivity index (χ2v) is 8.09. The van der Waals surface area contributed by atoms with Crippen LogP contribution in [0.5, 0.6) is 0 Å². The van der Waals surface area contributed by atoms with Gasteiger partial charge in [0.1, 0.15) is 5.82 Å². The fraction of sp³-hybridized carbons (Fsp3) is 0.417. The number of halogens is 1. The van der Waals surface area contributed by atoms with Gasteiger partial charge >= 0.3 is 0 Å². The van der Waals surface area contributed by atoms with E-state index < -0.39 is 0 Å². The molecule has 1 aliphatic rings. The number of nitrogens with zero attached hydrogens (tertiary/aromatic N) is 2. The Labute approximate surface area is 183 Å². The summed E-state index contributed by atoms with van der Waals surface area (Å²) in [7, 11) is 0. The van der Waals surface area contributed by atoms with Crippen LogP contribution in [0.4, 0.5) is 15.8 Å². The van der Waals surface area contributed by atoms with Crippen molar-refractivity contribution < 1.29 is 14.0 Å². The van der Waals surface area contributed by atoms with Gasteiger partial charge in [-0.2, -0.15) is 0 Å². The van der Waals surface area contributed by atoms with Gasteiger partial charge in [0.05, 0.1) is 13.1 Å². The molecule has 1 fully saturated rings. The van der Waals surface area contributed by atoms with Crippen LogP contribution in [0.1, 0.15) is 31.7 Å². The van der Waals surface area contributed by atoms with E-state index in [0.29, 0.717) is 44.3 Å². The first-order chi connectivity index (χ1) is 14.9. The SMILES string of the molecule is CC[C@H](C)c1ccc(NC(=O)CN2CCN(CC(=O)Nc3cccc(F)c3)CC2)cc1. The van der Waals surface area contributed by atoms with Crippen LogP contribution in [0.2, 0.25) is 0 Å². The molecule has 2 N–H and O–H groups in total. The average molecular weight is 427 g/mol. The summed E-state index contributed by atoms with van der Waals surface area (Å²) in [5.41, 5.74) is 2.54. The van der Waals surface area contributed by atoms with Crippen molar-refractivity contribution in [3.63, 3.8) is 0 Å². The molecule has 166 valence electrons. The lowest BCUT2D eigenvalue weighted by molar-refractivity contribution is -0.120.